The Bertz CT molecular complexity index is 701. The van der Waals surface area contributed by atoms with Crippen LogP contribution in [0.3, 0.4) is 0 Å². The first-order chi connectivity index (χ1) is 12.0. The van der Waals surface area contributed by atoms with Crippen molar-refractivity contribution in [3.05, 3.63) is 24.3 Å². The van der Waals surface area contributed by atoms with Crippen LogP contribution in [0.5, 0.6) is 0 Å². The number of hydrogen-bond acceptors (Lipinski definition) is 6. The molecule has 1 aromatic carbocycles. The van der Waals surface area contributed by atoms with Gasteiger partial charge in [-0.25, -0.2) is 0 Å². The summed E-state index contributed by atoms with van der Waals surface area (Å²) in [5.74, 6) is -0.609. The Morgan fingerprint density at radius 2 is 2.16 bits per heavy atom. The van der Waals surface area contributed by atoms with Gasteiger partial charge in [0.15, 0.2) is 6.61 Å². The summed E-state index contributed by atoms with van der Waals surface area (Å²) in [6, 6.07) is 9.48. The Hall–Kier alpha value is -2.53. The Morgan fingerprint density at radius 3 is 2.92 bits per heavy atom. The molecule has 7 nitrogen and oxygen atoms in total. The van der Waals surface area contributed by atoms with Crippen LogP contribution in [0.25, 0.3) is 0 Å². The first kappa shape index (κ1) is 18.8. The van der Waals surface area contributed by atoms with E-state index in [1.54, 1.807) is 11.9 Å². The molecule has 1 aliphatic heterocycles. The van der Waals surface area contributed by atoms with Crippen LogP contribution in [0.15, 0.2) is 29.2 Å². The third-order valence-corrected chi connectivity index (χ3v) is 4.74. The summed E-state index contributed by atoms with van der Waals surface area (Å²) in [5, 5.41) is 8.49. The van der Waals surface area contributed by atoms with E-state index in [0.717, 1.165) is 10.6 Å². The molecule has 0 atom stereocenters. The second-order valence-electron chi connectivity index (χ2n) is 5.44. The molecule has 0 aliphatic carbocycles. The SMILES string of the molecule is CN(CCC#N)C(=O)COC(=O)CCN1C(=O)CSc2ccccc21. The molecule has 1 heterocycles. The minimum atomic E-state index is -0.537. The molecule has 0 saturated heterocycles. The predicted octanol–water partition coefficient (Wildman–Crippen LogP) is 1.43. The Morgan fingerprint density at radius 1 is 1.40 bits per heavy atom. The minimum absolute atomic E-state index is 0.0138. The molecule has 25 heavy (non-hydrogen) atoms. The van der Waals surface area contributed by atoms with Crippen molar-refractivity contribution < 1.29 is 19.1 Å². The standard InChI is InChI=1S/C17H19N3O4S/c1-19(9-4-8-18)15(21)11-24-17(23)7-10-20-13-5-2-3-6-14(13)25-12-16(20)22/h2-3,5-6H,4,7,9-12H2,1H3. The van der Waals surface area contributed by atoms with Gasteiger partial charge in [-0.05, 0) is 12.1 Å². The lowest BCUT2D eigenvalue weighted by Crippen LogP contribution is -2.37. The van der Waals surface area contributed by atoms with Crippen LogP contribution < -0.4 is 4.90 Å². The number of thioether (sulfide) groups is 1. The highest BCUT2D eigenvalue weighted by molar-refractivity contribution is 8.00. The summed E-state index contributed by atoms with van der Waals surface area (Å²) in [6.07, 6.45) is 0.241. The number of amides is 2. The van der Waals surface area contributed by atoms with Gasteiger partial charge in [0.1, 0.15) is 0 Å². The minimum Gasteiger partial charge on any atom is -0.456 e. The van der Waals surface area contributed by atoms with Crippen molar-refractivity contribution >= 4 is 35.2 Å². The highest BCUT2D eigenvalue weighted by Gasteiger charge is 2.25. The number of para-hydroxylation sites is 1. The van der Waals surface area contributed by atoms with Gasteiger partial charge in [-0.1, -0.05) is 12.1 Å². The van der Waals surface area contributed by atoms with E-state index in [1.165, 1.54) is 16.7 Å². The molecule has 2 rings (SSSR count). The van der Waals surface area contributed by atoms with Crippen molar-refractivity contribution in [3.8, 4) is 6.07 Å². The third-order valence-electron chi connectivity index (χ3n) is 3.69. The zero-order valence-corrected chi connectivity index (χ0v) is 14.8. The average molecular weight is 361 g/mol. The van der Waals surface area contributed by atoms with Crippen LogP contribution in [0.1, 0.15) is 12.8 Å². The average Bonchev–Trinajstić information content (AvgIpc) is 2.63. The van der Waals surface area contributed by atoms with Gasteiger partial charge in [-0.3, -0.25) is 14.4 Å². The zero-order valence-electron chi connectivity index (χ0n) is 13.9. The first-order valence-electron chi connectivity index (χ1n) is 7.81. The van der Waals surface area contributed by atoms with Crippen molar-refractivity contribution in [2.75, 3.05) is 37.4 Å². The fourth-order valence-electron chi connectivity index (χ4n) is 2.27. The molecule has 0 spiro atoms. The second kappa shape index (κ2) is 9.08. The first-order valence-corrected chi connectivity index (χ1v) is 8.80. The quantitative estimate of drug-likeness (QED) is 0.683. The van der Waals surface area contributed by atoms with Crippen molar-refractivity contribution in [3.63, 3.8) is 0 Å². The van der Waals surface area contributed by atoms with Gasteiger partial charge in [0.05, 0.1) is 30.4 Å². The number of nitrogens with zero attached hydrogens (tertiary/aromatic N) is 3. The van der Waals surface area contributed by atoms with E-state index in [9.17, 15) is 14.4 Å². The number of fused-ring (bicyclic) bond motifs is 1. The molecule has 0 aromatic heterocycles. The van der Waals surface area contributed by atoms with E-state index in [0.29, 0.717) is 12.3 Å². The predicted molar refractivity (Wildman–Crippen MR) is 93.0 cm³/mol. The molecule has 0 bridgehead atoms. The van der Waals surface area contributed by atoms with Gasteiger partial charge in [0.25, 0.3) is 5.91 Å². The van der Waals surface area contributed by atoms with E-state index in [2.05, 4.69) is 0 Å². The van der Waals surface area contributed by atoms with Crippen molar-refractivity contribution in [2.45, 2.75) is 17.7 Å². The Balaban J connectivity index is 1.81. The van der Waals surface area contributed by atoms with Crippen LogP contribution in [-0.2, 0) is 19.1 Å². The number of hydrogen-bond donors (Lipinski definition) is 0. The smallest absolute Gasteiger partial charge is 0.308 e. The molecule has 1 aliphatic rings. The molecule has 0 fully saturated rings. The number of carbonyl (C=O) groups is 3. The molecule has 132 valence electrons. The summed E-state index contributed by atoms with van der Waals surface area (Å²) in [4.78, 5) is 39.6. The van der Waals surface area contributed by atoms with E-state index in [-0.39, 0.29) is 37.8 Å². The van der Waals surface area contributed by atoms with Crippen LogP contribution >= 0.6 is 11.8 Å². The Labute approximate surface area is 150 Å². The molecule has 0 unspecified atom stereocenters. The van der Waals surface area contributed by atoms with Crippen LogP contribution in [0, 0.1) is 11.3 Å². The number of nitriles is 1. The lowest BCUT2D eigenvalue weighted by molar-refractivity contribution is -0.151. The third kappa shape index (κ3) is 5.22. The van der Waals surface area contributed by atoms with E-state index in [1.807, 2.05) is 30.3 Å². The van der Waals surface area contributed by atoms with Gasteiger partial charge in [0.2, 0.25) is 5.91 Å². The molecule has 0 radical (unpaired) electrons. The second-order valence-corrected chi connectivity index (χ2v) is 6.45. The fourth-order valence-corrected chi connectivity index (χ4v) is 3.20. The maximum Gasteiger partial charge on any atom is 0.308 e. The monoisotopic (exact) mass is 361 g/mol. The lowest BCUT2D eigenvalue weighted by Gasteiger charge is -2.28. The van der Waals surface area contributed by atoms with Crippen LogP contribution in [0.4, 0.5) is 5.69 Å². The highest BCUT2D eigenvalue weighted by Crippen LogP contribution is 2.34. The normalized spacial score (nSPS) is 13.0. The van der Waals surface area contributed by atoms with Gasteiger partial charge in [-0.2, -0.15) is 5.26 Å². The molecule has 0 saturated carbocycles. The molecule has 1 aromatic rings. The summed E-state index contributed by atoms with van der Waals surface area (Å²) in [7, 11) is 1.55. The molecule has 2 amide bonds. The summed E-state index contributed by atoms with van der Waals surface area (Å²) < 4.78 is 4.96. The largest absolute Gasteiger partial charge is 0.456 e. The summed E-state index contributed by atoms with van der Waals surface area (Å²) in [5.41, 5.74) is 0.795. The number of anilines is 1. The van der Waals surface area contributed by atoms with Crippen LogP contribution in [-0.4, -0.2) is 55.2 Å². The van der Waals surface area contributed by atoms with Gasteiger partial charge >= 0.3 is 5.97 Å². The van der Waals surface area contributed by atoms with Crippen LogP contribution in [0.2, 0.25) is 0 Å². The molecular formula is C17H19N3O4S. The highest BCUT2D eigenvalue weighted by atomic mass is 32.2. The number of benzene rings is 1. The Kier molecular flexibility index (Phi) is 6.83. The summed E-state index contributed by atoms with van der Waals surface area (Å²) in [6.45, 7) is 0.151. The zero-order chi connectivity index (χ0) is 18.2. The molecule has 0 N–H and O–H groups in total. The number of rotatable bonds is 7. The number of carbonyl (C=O) groups excluding carboxylic acids is 3. The number of esters is 1. The van der Waals surface area contributed by atoms with E-state index in [4.69, 9.17) is 10.00 Å². The van der Waals surface area contributed by atoms with Gasteiger partial charge in [0, 0.05) is 25.0 Å². The van der Waals surface area contributed by atoms with Gasteiger partial charge < -0.3 is 14.5 Å². The van der Waals surface area contributed by atoms with Gasteiger partial charge in [-0.15, -0.1) is 11.8 Å². The van der Waals surface area contributed by atoms with Crippen molar-refractivity contribution in [2.24, 2.45) is 0 Å². The number of ether oxygens (including phenoxy) is 1. The molecule has 8 heteroatoms. The maximum atomic E-state index is 12.1. The van der Waals surface area contributed by atoms with Crippen molar-refractivity contribution in [1.29, 1.82) is 5.26 Å². The van der Waals surface area contributed by atoms with Crippen molar-refractivity contribution in [1.82, 2.24) is 4.90 Å². The fraction of sp³-hybridized carbons (Fsp3) is 0.412. The van der Waals surface area contributed by atoms with E-state index < -0.39 is 5.97 Å². The number of likely N-dealkylation sites (N-methyl/N-ethyl adjacent to an activating group) is 1. The lowest BCUT2D eigenvalue weighted by atomic mass is 10.2. The molecular weight excluding hydrogens is 342 g/mol. The summed E-state index contributed by atoms with van der Waals surface area (Å²) >= 11 is 1.48. The topological polar surface area (TPSA) is 90.7 Å². The van der Waals surface area contributed by atoms with E-state index >= 15 is 0 Å². The maximum absolute atomic E-state index is 12.1.